The van der Waals surface area contributed by atoms with Gasteiger partial charge in [-0.3, -0.25) is 4.79 Å². The molecule has 0 heterocycles. The number of ether oxygens (including phenoxy) is 2. The van der Waals surface area contributed by atoms with E-state index in [1.54, 1.807) is 51.1 Å². The third-order valence-electron chi connectivity index (χ3n) is 3.96. The summed E-state index contributed by atoms with van der Waals surface area (Å²) in [6, 6.07) is 13.9. The maximum Gasteiger partial charge on any atom is 0.407 e. The van der Waals surface area contributed by atoms with E-state index in [0.29, 0.717) is 11.3 Å². The predicted octanol–water partition coefficient (Wildman–Crippen LogP) is 4.20. The van der Waals surface area contributed by atoms with Crippen LogP contribution in [0.15, 0.2) is 48.5 Å². The first-order valence-electron chi connectivity index (χ1n) is 9.68. The molecule has 0 aromatic heterocycles. The molecule has 7 nitrogen and oxygen atoms in total. The first-order valence-corrected chi connectivity index (χ1v) is 9.68. The van der Waals surface area contributed by atoms with Crippen LogP contribution in [0.1, 0.15) is 49.2 Å². The Balaban J connectivity index is 1.86. The second-order valence-corrected chi connectivity index (χ2v) is 7.96. The summed E-state index contributed by atoms with van der Waals surface area (Å²) in [6.07, 6.45) is -1.47. The number of rotatable bonds is 6. The molecule has 2 aromatic carbocycles. The van der Waals surface area contributed by atoms with Gasteiger partial charge >= 0.3 is 12.1 Å². The fourth-order valence-corrected chi connectivity index (χ4v) is 2.50. The van der Waals surface area contributed by atoms with Gasteiger partial charge in [-0.05, 0) is 70.0 Å². The first kappa shape index (κ1) is 22.9. The molecule has 2 N–H and O–H groups in total. The Kier molecular flexibility index (Phi) is 7.58. The summed E-state index contributed by atoms with van der Waals surface area (Å²) in [5.41, 5.74) is 2.19. The average molecular weight is 412 g/mol. The minimum atomic E-state index is -0.952. The lowest BCUT2D eigenvalue weighted by Crippen LogP contribution is -2.32. The van der Waals surface area contributed by atoms with Gasteiger partial charge in [0.15, 0.2) is 6.10 Å². The van der Waals surface area contributed by atoms with Gasteiger partial charge in [-0.15, -0.1) is 0 Å². The molecule has 2 amide bonds. The number of carbonyl (C=O) groups is 3. The number of hydrogen-bond donors (Lipinski definition) is 2. The molecule has 30 heavy (non-hydrogen) atoms. The molecule has 160 valence electrons. The van der Waals surface area contributed by atoms with Gasteiger partial charge in [-0.2, -0.15) is 0 Å². The topological polar surface area (TPSA) is 93.7 Å². The molecule has 0 aliphatic heterocycles. The highest BCUT2D eigenvalue weighted by molar-refractivity contribution is 5.97. The molecule has 0 aliphatic carbocycles. The molecule has 0 spiro atoms. The molecular weight excluding hydrogens is 384 g/mol. The largest absolute Gasteiger partial charge is 0.449 e. The van der Waals surface area contributed by atoms with Crippen LogP contribution >= 0.6 is 0 Å². The van der Waals surface area contributed by atoms with Crippen molar-refractivity contribution in [3.05, 3.63) is 65.2 Å². The van der Waals surface area contributed by atoms with E-state index < -0.39 is 29.7 Å². The number of benzene rings is 2. The Labute approximate surface area is 176 Å². The van der Waals surface area contributed by atoms with E-state index in [1.165, 1.54) is 6.92 Å². The highest BCUT2D eigenvalue weighted by atomic mass is 16.6. The number of anilines is 1. The van der Waals surface area contributed by atoms with Gasteiger partial charge in [0, 0.05) is 12.2 Å². The van der Waals surface area contributed by atoms with Crippen LogP contribution in [0, 0.1) is 6.92 Å². The highest BCUT2D eigenvalue weighted by Crippen LogP contribution is 2.12. The molecule has 0 bridgehead atoms. The fourth-order valence-electron chi connectivity index (χ4n) is 2.50. The van der Waals surface area contributed by atoms with Crippen LogP contribution in [0.4, 0.5) is 10.5 Å². The van der Waals surface area contributed by atoms with Crippen LogP contribution < -0.4 is 10.6 Å². The van der Waals surface area contributed by atoms with E-state index >= 15 is 0 Å². The molecular formula is C23H28N2O5. The maximum atomic E-state index is 12.3. The second-order valence-electron chi connectivity index (χ2n) is 7.96. The Hall–Kier alpha value is -3.35. The zero-order chi connectivity index (χ0) is 22.3. The highest BCUT2D eigenvalue weighted by Gasteiger charge is 2.19. The lowest BCUT2D eigenvalue weighted by molar-refractivity contribution is -0.123. The van der Waals surface area contributed by atoms with Crippen molar-refractivity contribution in [2.24, 2.45) is 0 Å². The monoisotopic (exact) mass is 412 g/mol. The van der Waals surface area contributed by atoms with Crippen molar-refractivity contribution in [2.75, 3.05) is 5.32 Å². The Morgan fingerprint density at radius 2 is 1.70 bits per heavy atom. The average Bonchev–Trinajstić information content (AvgIpc) is 2.65. The summed E-state index contributed by atoms with van der Waals surface area (Å²) < 4.78 is 10.4. The second kappa shape index (κ2) is 9.91. The molecule has 1 unspecified atom stereocenters. The molecule has 0 aliphatic rings. The van der Waals surface area contributed by atoms with Crippen molar-refractivity contribution >= 4 is 23.7 Å². The van der Waals surface area contributed by atoms with Crippen LogP contribution in [-0.4, -0.2) is 29.7 Å². The van der Waals surface area contributed by atoms with Crippen LogP contribution in [0.25, 0.3) is 0 Å². The summed E-state index contributed by atoms with van der Waals surface area (Å²) in [7, 11) is 0. The molecule has 1 atom stereocenters. The minimum Gasteiger partial charge on any atom is -0.449 e. The van der Waals surface area contributed by atoms with Crippen molar-refractivity contribution < 1.29 is 23.9 Å². The molecule has 2 rings (SSSR count). The molecule has 0 fully saturated rings. The van der Waals surface area contributed by atoms with Gasteiger partial charge in [-0.25, -0.2) is 9.59 Å². The molecule has 0 radical (unpaired) electrons. The summed E-state index contributed by atoms with van der Waals surface area (Å²) in [5.74, 6) is -1.01. The van der Waals surface area contributed by atoms with Crippen LogP contribution in [0.2, 0.25) is 0 Å². The normalized spacial score (nSPS) is 11.9. The number of carbonyl (C=O) groups excluding carboxylic acids is 3. The van der Waals surface area contributed by atoms with Gasteiger partial charge in [0.1, 0.15) is 5.60 Å². The summed E-state index contributed by atoms with van der Waals surface area (Å²) >= 11 is 0. The smallest absolute Gasteiger partial charge is 0.407 e. The van der Waals surface area contributed by atoms with Gasteiger partial charge in [0.2, 0.25) is 0 Å². The minimum absolute atomic E-state index is 0.263. The number of amides is 2. The van der Waals surface area contributed by atoms with E-state index in [4.69, 9.17) is 9.47 Å². The summed E-state index contributed by atoms with van der Waals surface area (Å²) in [6.45, 7) is 9.06. The third kappa shape index (κ3) is 7.58. The van der Waals surface area contributed by atoms with Crippen LogP contribution in [0.3, 0.4) is 0 Å². The van der Waals surface area contributed by atoms with Crippen molar-refractivity contribution in [3.8, 4) is 0 Å². The first-order chi connectivity index (χ1) is 14.0. The number of nitrogens with one attached hydrogen (secondary N) is 2. The van der Waals surface area contributed by atoms with E-state index in [0.717, 1.165) is 11.1 Å². The van der Waals surface area contributed by atoms with Crippen molar-refractivity contribution in [2.45, 2.75) is 52.9 Å². The predicted molar refractivity (Wildman–Crippen MR) is 114 cm³/mol. The van der Waals surface area contributed by atoms with E-state index in [1.807, 2.05) is 25.1 Å². The van der Waals surface area contributed by atoms with E-state index in [-0.39, 0.29) is 6.54 Å². The number of alkyl carbamates (subject to hydrolysis) is 1. The zero-order valence-corrected chi connectivity index (χ0v) is 17.9. The van der Waals surface area contributed by atoms with Crippen LogP contribution in [0.5, 0.6) is 0 Å². The van der Waals surface area contributed by atoms with Gasteiger partial charge < -0.3 is 20.1 Å². The van der Waals surface area contributed by atoms with Crippen molar-refractivity contribution in [3.63, 3.8) is 0 Å². The molecule has 2 aromatic rings. The van der Waals surface area contributed by atoms with Gasteiger partial charge in [0.25, 0.3) is 5.91 Å². The Morgan fingerprint density at radius 1 is 1.03 bits per heavy atom. The number of aryl methyl sites for hydroxylation is 1. The lowest BCUT2D eigenvalue weighted by atomic mass is 10.1. The van der Waals surface area contributed by atoms with E-state index in [9.17, 15) is 14.4 Å². The Morgan fingerprint density at radius 3 is 2.30 bits per heavy atom. The lowest BCUT2D eigenvalue weighted by Gasteiger charge is -2.19. The number of hydrogen-bond acceptors (Lipinski definition) is 5. The quantitative estimate of drug-likeness (QED) is 0.694. The fraction of sp³-hybridized carbons (Fsp3) is 0.348. The van der Waals surface area contributed by atoms with Gasteiger partial charge in [0.05, 0.1) is 5.56 Å². The molecule has 7 heteroatoms. The molecule has 0 saturated heterocycles. The summed E-state index contributed by atoms with van der Waals surface area (Å²) in [5, 5.41) is 5.37. The molecule has 0 saturated carbocycles. The Bertz CT molecular complexity index is 901. The van der Waals surface area contributed by atoms with Crippen molar-refractivity contribution in [1.82, 2.24) is 5.32 Å². The maximum absolute atomic E-state index is 12.3. The standard InChI is InChI=1S/C23H28N2O5/c1-15-7-6-8-19(13-15)25-20(26)16(2)29-21(27)18-11-9-17(10-12-18)14-24-22(28)30-23(3,4)5/h6-13,16H,14H2,1-5H3,(H,24,28)(H,25,26). The number of esters is 1. The third-order valence-corrected chi connectivity index (χ3v) is 3.96. The SMILES string of the molecule is Cc1cccc(NC(=O)C(C)OC(=O)c2ccc(CNC(=O)OC(C)(C)C)cc2)c1. The van der Waals surface area contributed by atoms with Gasteiger partial charge in [-0.1, -0.05) is 24.3 Å². The van der Waals surface area contributed by atoms with Crippen LogP contribution in [-0.2, 0) is 20.8 Å². The van der Waals surface area contributed by atoms with Crippen molar-refractivity contribution in [1.29, 1.82) is 0 Å². The summed E-state index contributed by atoms with van der Waals surface area (Å²) in [4.78, 5) is 36.3. The van der Waals surface area contributed by atoms with E-state index in [2.05, 4.69) is 10.6 Å². The zero-order valence-electron chi connectivity index (χ0n) is 17.9.